The van der Waals surface area contributed by atoms with Gasteiger partial charge in [-0.1, -0.05) is 29.3 Å². The zero-order valence-corrected chi connectivity index (χ0v) is 21.5. The maximum Gasteiger partial charge on any atom is 0.280 e. The third-order valence-electron chi connectivity index (χ3n) is 4.94. The van der Waals surface area contributed by atoms with E-state index < -0.39 is 17.0 Å². The maximum atomic E-state index is 14.6. The van der Waals surface area contributed by atoms with Crippen LogP contribution < -0.4 is 10.3 Å². The molecule has 0 aliphatic rings. The van der Waals surface area contributed by atoms with Crippen LogP contribution >= 0.6 is 34.5 Å². The maximum absolute atomic E-state index is 14.6. The minimum Gasteiger partial charge on any atom is -0.470 e. The average molecular weight is 536 g/mol. The minimum atomic E-state index is -1.38. The van der Waals surface area contributed by atoms with Crippen molar-refractivity contribution in [2.75, 3.05) is 0 Å². The van der Waals surface area contributed by atoms with Gasteiger partial charge in [0.1, 0.15) is 23.7 Å². The van der Waals surface area contributed by atoms with E-state index in [-0.39, 0.29) is 45.6 Å². The van der Waals surface area contributed by atoms with Gasteiger partial charge in [0.05, 0.1) is 27.6 Å². The van der Waals surface area contributed by atoms with Crippen molar-refractivity contribution in [2.45, 2.75) is 39.9 Å². The highest BCUT2D eigenvalue weighted by molar-refractivity contribution is 7.09. The van der Waals surface area contributed by atoms with Gasteiger partial charge in [-0.15, -0.1) is 11.3 Å². The quantitative estimate of drug-likeness (QED) is 0.369. The predicted octanol–water partition coefficient (Wildman–Crippen LogP) is 5.02. The average Bonchev–Trinajstić information content (AvgIpc) is 3.21. The van der Waals surface area contributed by atoms with Gasteiger partial charge in [-0.3, -0.25) is 9.36 Å². The number of aromatic nitrogens is 5. The Bertz CT molecular complexity index is 1480. The molecule has 0 atom stereocenters. The summed E-state index contributed by atoms with van der Waals surface area (Å²) >= 11 is 14.2. The second-order valence-corrected chi connectivity index (χ2v) is 10.0. The molecule has 0 aliphatic heterocycles. The Balaban J connectivity index is 1.76. The van der Waals surface area contributed by atoms with Gasteiger partial charge in [0, 0.05) is 10.9 Å². The summed E-state index contributed by atoms with van der Waals surface area (Å²) in [7, 11) is 0. The molecular weight excluding hydrogens is 516 g/mol. The molecule has 0 aliphatic carbocycles. The molecule has 8 nitrogen and oxygen atoms in total. The molecule has 0 unspecified atom stereocenters. The van der Waals surface area contributed by atoms with E-state index in [9.17, 15) is 14.3 Å². The zero-order chi connectivity index (χ0) is 25.5. The predicted molar refractivity (Wildman–Crippen MR) is 132 cm³/mol. The molecule has 0 fully saturated rings. The van der Waals surface area contributed by atoms with Crippen molar-refractivity contribution in [3.05, 3.63) is 78.3 Å². The molecule has 0 saturated carbocycles. The summed E-state index contributed by atoms with van der Waals surface area (Å²) in [5, 5.41) is 12.9. The van der Waals surface area contributed by atoms with Gasteiger partial charge in [-0.25, -0.2) is 19.3 Å². The molecule has 4 rings (SSSR count). The van der Waals surface area contributed by atoms with Crippen LogP contribution in [0.4, 0.5) is 4.39 Å². The Morgan fingerprint density at radius 1 is 1.20 bits per heavy atom. The summed E-state index contributed by atoms with van der Waals surface area (Å²) in [5.74, 6) is -0.434. The second kappa shape index (κ2) is 9.62. The number of hydrogen-bond donors (Lipinski definition) is 1. The lowest BCUT2D eigenvalue weighted by Crippen LogP contribution is -2.24. The SMILES string of the molecule is Cc1nc(COc2nc(C)n(-c3cc(-c4nc(C(C)(C)O)ncc4F)ccc3Cl)c(=O)c2Cl)cs1. The monoisotopic (exact) mass is 535 g/mol. The van der Waals surface area contributed by atoms with Crippen LogP contribution in [0.2, 0.25) is 10.0 Å². The van der Waals surface area contributed by atoms with Crippen LogP contribution in [0.15, 0.2) is 34.6 Å². The minimum absolute atomic E-state index is 0.0278. The third kappa shape index (κ3) is 5.20. The summed E-state index contributed by atoms with van der Waals surface area (Å²) in [6, 6.07) is 4.55. The Kier molecular flexibility index (Phi) is 6.92. The normalized spacial score (nSPS) is 11.7. The molecule has 1 N–H and O–H groups in total. The van der Waals surface area contributed by atoms with Gasteiger partial charge in [0.25, 0.3) is 5.56 Å². The van der Waals surface area contributed by atoms with Gasteiger partial charge in [-0.2, -0.15) is 4.98 Å². The molecule has 12 heteroatoms. The molecule has 0 amide bonds. The summed E-state index contributed by atoms with van der Waals surface area (Å²) in [6.07, 6.45) is 0.982. The lowest BCUT2D eigenvalue weighted by Gasteiger charge is -2.17. The Labute approximate surface area is 214 Å². The first kappa shape index (κ1) is 25.2. The number of nitrogens with zero attached hydrogens (tertiary/aromatic N) is 5. The fraction of sp³-hybridized carbons (Fsp3) is 0.261. The summed E-state index contributed by atoms with van der Waals surface area (Å²) in [4.78, 5) is 29.9. The summed E-state index contributed by atoms with van der Waals surface area (Å²) in [5.41, 5.74) is -0.806. The number of ether oxygens (including phenoxy) is 1. The highest BCUT2D eigenvalue weighted by atomic mass is 35.5. The van der Waals surface area contributed by atoms with E-state index in [1.807, 2.05) is 12.3 Å². The van der Waals surface area contributed by atoms with Gasteiger partial charge < -0.3 is 9.84 Å². The number of benzene rings is 1. The number of halogens is 3. The molecular formula is C23H20Cl2FN5O3S. The largest absolute Gasteiger partial charge is 0.470 e. The first-order chi connectivity index (χ1) is 16.5. The third-order valence-corrected chi connectivity index (χ3v) is 6.41. The van der Waals surface area contributed by atoms with E-state index >= 15 is 0 Å². The molecule has 0 bridgehead atoms. The first-order valence-corrected chi connectivity index (χ1v) is 12.0. The number of thiazole rings is 1. The number of rotatable bonds is 6. The molecule has 0 radical (unpaired) electrons. The topological polar surface area (TPSA) is 103 Å². The van der Waals surface area contributed by atoms with Crippen molar-refractivity contribution in [2.24, 2.45) is 0 Å². The summed E-state index contributed by atoms with van der Waals surface area (Å²) < 4.78 is 21.5. The highest BCUT2D eigenvalue weighted by Crippen LogP contribution is 2.30. The number of aliphatic hydroxyl groups is 1. The van der Waals surface area contributed by atoms with Crippen LogP contribution in [0.1, 0.15) is 36.2 Å². The van der Waals surface area contributed by atoms with E-state index in [1.165, 1.54) is 41.9 Å². The van der Waals surface area contributed by atoms with Crippen LogP contribution in [0.25, 0.3) is 16.9 Å². The molecule has 0 spiro atoms. The first-order valence-electron chi connectivity index (χ1n) is 10.3. The second-order valence-electron chi connectivity index (χ2n) is 8.18. The van der Waals surface area contributed by atoms with Crippen molar-refractivity contribution >= 4 is 34.5 Å². The lowest BCUT2D eigenvalue weighted by molar-refractivity contribution is 0.0686. The van der Waals surface area contributed by atoms with E-state index in [0.29, 0.717) is 11.3 Å². The smallest absolute Gasteiger partial charge is 0.280 e. The Morgan fingerprint density at radius 2 is 1.94 bits per heavy atom. The van der Waals surface area contributed by atoms with E-state index in [2.05, 4.69) is 19.9 Å². The van der Waals surface area contributed by atoms with Crippen LogP contribution in [-0.2, 0) is 12.2 Å². The van der Waals surface area contributed by atoms with Crippen molar-refractivity contribution in [3.8, 4) is 22.8 Å². The lowest BCUT2D eigenvalue weighted by atomic mass is 10.1. The zero-order valence-electron chi connectivity index (χ0n) is 19.1. The van der Waals surface area contributed by atoms with Crippen molar-refractivity contribution < 1.29 is 14.2 Å². The van der Waals surface area contributed by atoms with Crippen molar-refractivity contribution in [3.63, 3.8) is 0 Å². The van der Waals surface area contributed by atoms with Gasteiger partial charge >= 0.3 is 0 Å². The fourth-order valence-corrected chi connectivity index (χ4v) is 4.26. The van der Waals surface area contributed by atoms with Crippen LogP contribution in [0.5, 0.6) is 5.88 Å². The summed E-state index contributed by atoms with van der Waals surface area (Å²) in [6.45, 7) is 6.56. The van der Waals surface area contributed by atoms with Crippen LogP contribution in [0, 0.1) is 19.7 Å². The molecule has 35 heavy (non-hydrogen) atoms. The van der Waals surface area contributed by atoms with Gasteiger partial charge in [0.2, 0.25) is 5.88 Å². The van der Waals surface area contributed by atoms with E-state index in [0.717, 1.165) is 11.2 Å². The number of aryl methyl sites for hydroxylation is 2. The number of hydrogen-bond acceptors (Lipinski definition) is 8. The standard InChI is InChI=1S/C23H20Cl2FN5O3S/c1-11-28-20(34-9-14-10-35-12(2)29-14)18(25)21(32)31(11)17-7-13(5-6-15(17)24)19-16(26)8-27-22(30-19)23(3,4)33/h5-8,10,33H,9H2,1-4H3. The van der Waals surface area contributed by atoms with E-state index in [1.54, 1.807) is 13.0 Å². The van der Waals surface area contributed by atoms with Gasteiger partial charge in [0.15, 0.2) is 16.7 Å². The Hall–Kier alpha value is -2.92. The molecule has 1 aromatic carbocycles. The highest BCUT2D eigenvalue weighted by Gasteiger charge is 2.23. The molecule has 3 heterocycles. The van der Waals surface area contributed by atoms with Crippen LogP contribution in [0.3, 0.4) is 0 Å². The van der Waals surface area contributed by atoms with Crippen molar-refractivity contribution in [1.82, 2.24) is 24.5 Å². The van der Waals surface area contributed by atoms with Crippen LogP contribution in [-0.4, -0.2) is 29.6 Å². The molecule has 0 saturated heterocycles. The van der Waals surface area contributed by atoms with Gasteiger partial charge in [-0.05, 0) is 39.8 Å². The fourth-order valence-electron chi connectivity index (χ4n) is 3.27. The van der Waals surface area contributed by atoms with Crippen molar-refractivity contribution in [1.29, 1.82) is 0 Å². The molecule has 182 valence electrons. The Morgan fingerprint density at radius 3 is 2.60 bits per heavy atom. The van der Waals surface area contributed by atoms with E-state index in [4.69, 9.17) is 27.9 Å². The molecule has 4 aromatic rings. The molecule has 3 aromatic heterocycles.